The van der Waals surface area contributed by atoms with Gasteiger partial charge in [-0.3, -0.25) is 9.59 Å². The van der Waals surface area contributed by atoms with Crippen molar-refractivity contribution >= 4 is 28.8 Å². The molecular formula is C20H25N3O3. The number of nitrogens with zero attached hydrogens (tertiary/aromatic N) is 1. The fraction of sp³-hybridized carbons (Fsp3) is 0.300. The zero-order valence-electron chi connectivity index (χ0n) is 15.2. The Morgan fingerprint density at radius 1 is 1.15 bits per heavy atom. The third kappa shape index (κ3) is 5.81. The number of benzene rings is 2. The molecule has 0 fully saturated rings. The number of carbonyl (C=O) groups is 2. The summed E-state index contributed by atoms with van der Waals surface area (Å²) in [6, 6.07) is 15.7. The van der Waals surface area contributed by atoms with E-state index < -0.39 is 0 Å². The molecule has 26 heavy (non-hydrogen) atoms. The summed E-state index contributed by atoms with van der Waals surface area (Å²) in [4.78, 5) is 24.9. The smallest absolute Gasteiger partial charge is 0.308 e. The highest BCUT2D eigenvalue weighted by Crippen LogP contribution is 2.26. The van der Waals surface area contributed by atoms with Gasteiger partial charge in [-0.15, -0.1) is 0 Å². The molecule has 0 saturated heterocycles. The third-order valence-corrected chi connectivity index (χ3v) is 3.91. The van der Waals surface area contributed by atoms with Crippen LogP contribution >= 0.6 is 0 Å². The molecule has 0 spiro atoms. The normalized spacial score (nSPS) is 10.2. The van der Waals surface area contributed by atoms with Gasteiger partial charge in [0.25, 0.3) is 0 Å². The van der Waals surface area contributed by atoms with Gasteiger partial charge < -0.3 is 20.7 Å². The Labute approximate surface area is 153 Å². The van der Waals surface area contributed by atoms with E-state index in [1.54, 1.807) is 0 Å². The second-order valence-electron chi connectivity index (χ2n) is 6.04. The highest BCUT2D eigenvalue weighted by Gasteiger charge is 2.13. The molecular weight excluding hydrogens is 330 g/mol. The van der Waals surface area contributed by atoms with E-state index in [2.05, 4.69) is 10.2 Å². The maximum Gasteiger partial charge on any atom is 0.308 e. The van der Waals surface area contributed by atoms with Crippen molar-refractivity contribution < 1.29 is 14.3 Å². The standard InChI is InChI=1S/C20H25N3O3/c1-15(24)14-26-20(25)10-11-23(13-16-6-4-3-5-7-16)17-8-9-18(21)19(12-17)22-2/h3-9,12,22H,10-11,13-14,21H2,1-2H3. The molecule has 0 aliphatic carbocycles. The van der Waals surface area contributed by atoms with Crippen LogP contribution in [0.2, 0.25) is 0 Å². The van der Waals surface area contributed by atoms with Crippen LogP contribution in [-0.2, 0) is 20.9 Å². The Kier molecular flexibility index (Phi) is 7.02. The fourth-order valence-electron chi connectivity index (χ4n) is 2.54. The predicted molar refractivity (Wildman–Crippen MR) is 104 cm³/mol. The molecule has 6 nitrogen and oxygen atoms in total. The first-order valence-corrected chi connectivity index (χ1v) is 8.51. The molecule has 2 rings (SSSR count). The molecule has 6 heteroatoms. The molecule has 0 aromatic heterocycles. The number of carbonyl (C=O) groups excluding carboxylic acids is 2. The van der Waals surface area contributed by atoms with E-state index in [1.165, 1.54) is 6.92 Å². The van der Waals surface area contributed by atoms with Crippen LogP contribution in [0.5, 0.6) is 0 Å². The van der Waals surface area contributed by atoms with E-state index in [4.69, 9.17) is 10.5 Å². The molecule has 2 aromatic rings. The lowest BCUT2D eigenvalue weighted by atomic mass is 10.1. The lowest BCUT2D eigenvalue weighted by Gasteiger charge is -2.25. The van der Waals surface area contributed by atoms with Gasteiger partial charge in [-0.1, -0.05) is 30.3 Å². The number of nitrogen functional groups attached to an aromatic ring is 1. The first-order valence-electron chi connectivity index (χ1n) is 8.51. The largest absolute Gasteiger partial charge is 0.458 e. The lowest BCUT2D eigenvalue weighted by Crippen LogP contribution is -2.27. The Bertz CT molecular complexity index is 747. The van der Waals surface area contributed by atoms with Crippen molar-refractivity contribution in [3.63, 3.8) is 0 Å². The minimum Gasteiger partial charge on any atom is -0.458 e. The van der Waals surface area contributed by atoms with E-state index in [0.29, 0.717) is 18.8 Å². The van der Waals surface area contributed by atoms with Gasteiger partial charge in [0.05, 0.1) is 17.8 Å². The molecule has 0 saturated carbocycles. The topological polar surface area (TPSA) is 84.7 Å². The molecule has 0 aliphatic heterocycles. The minimum absolute atomic E-state index is 0.170. The Morgan fingerprint density at radius 2 is 1.88 bits per heavy atom. The maximum absolute atomic E-state index is 11.9. The molecule has 3 N–H and O–H groups in total. The van der Waals surface area contributed by atoms with Crippen molar-refractivity contribution in [3.05, 3.63) is 54.1 Å². The summed E-state index contributed by atoms with van der Waals surface area (Å²) in [6.07, 6.45) is 0.194. The average Bonchev–Trinajstić information content (AvgIpc) is 2.64. The van der Waals surface area contributed by atoms with Crippen molar-refractivity contribution in [2.45, 2.75) is 19.9 Å². The second-order valence-corrected chi connectivity index (χ2v) is 6.04. The molecule has 0 unspecified atom stereocenters. The molecule has 0 aliphatic rings. The zero-order chi connectivity index (χ0) is 18.9. The van der Waals surface area contributed by atoms with E-state index in [-0.39, 0.29) is 24.8 Å². The van der Waals surface area contributed by atoms with Gasteiger partial charge in [-0.05, 0) is 30.7 Å². The Morgan fingerprint density at radius 3 is 2.54 bits per heavy atom. The summed E-state index contributed by atoms with van der Waals surface area (Å²) >= 11 is 0. The van der Waals surface area contributed by atoms with Crippen molar-refractivity contribution in [1.29, 1.82) is 0 Å². The molecule has 0 amide bonds. The minimum atomic E-state index is -0.387. The SMILES string of the molecule is CNc1cc(N(CCC(=O)OCC(C)=O)Cc2ccccc2)ccc1N. The maximum atomic E-state index is 11.9. The number of esters is 1. The van der Waals surface area contributed by atoms with Crippen molar-refractivity contribution in [2.75, 3.05) is 36.1 Å². The van der Waals surface area contributed by atoms with Crippen LogP contribution in [0.4, 0.5) is 17.1 Å². The number of hydrogen-bond donors (Lipinski definition) is 2. The molecule has 2 aromatic carbocycles. The Balaban J connectivity index is 2.13. The van der Waals surface area contributed by atoms with Gasteiger partial charge in [0.2, 0.25) is 0 Å². The van der Waals surface area contributed by atoms with Crippen LogP contribution in [0.15, 0.2) is 48.5 Å². The first kappa shape index (κ1) is 19.3. The molecule has 0 bridgehead atoms. The zero-order valence-corrected chi connectivity index (χ0v) is 15.2. The number of Topliss-reactive ketones (excluding diaryl/α,β-unsaturated/α-hetero) is 1. The highest BCUT2D eigenvalue weighted by molar-refractivity contribution is 5.80. The summed E-state index contributed by atoms with van der Waals surface area (Å²) in [5.41, 5.74) is 9.54. The number of rotatable bonds is 9. The Hall–Kier alpha value is -3.02. The van der Waals surface area contributed by atoms with Gasteiger partial charge >= 0.3 is 5.97 Å². The van der Waals surface area contributed by atoms with Crippen LogP contribution in [0.3, 0.4) is 0 Å². The van der Waals surface area contributed by atoms with Gasteiger partial charge in [0.15, 0.2) is 5.78 Å². The van der Waals surface area contributed by atoms with Gasteiger partial charge in [0, 0.05) is 25.8 Å². The van der Waals surface area contributed by atoms with Crippen LogP contribution < -0.4 is 16.0 Å². The molecule has 0 heterocycles. The monoisotopic (exact) mass is 355 g/mol. The number of nitrogens with two attached hydrogens (primary N) is 1. The third-order valence-electron chi connectivity index (χ3n) is 3.91. The summed E-state index contributed by atoms with van der Waals surface area (Å²) in [5.74, 6) is -0.556. The summed E-state index contributed by atoms with van der Waals surface area (Å²) in [6.45, 7) is 2.33. The van der Waals surface area contributed by atoms with Crippen molar-refractivity contribution in [1.82, 2.24) is 0 Å². The van der Waals surface area contributed by atoms with Crippen LogP contribution in [-0.4, -0.2) is 32.0 Å². The van der Waals surface area contributed by atoms with E-state index in [0.717, 1.165) is 16.9 Å². The molecule has 138 valence electrons. The quantitative estimate of drug-likeness (QED) is 0.531. The number of hydrogen-bond acceptors (Lipinski definition) is 6. The summed E-state index contributed by atoms with van der Waals surface area (Å²) in [5, 5.41) is 3.07. The number of nitrogens with one attached hydrogen (secondary N) is 1. The summed E-state index contributed by atoms with van der Waals surface area (Å²) in [7, 11) is 1.82. The molecule has 0 atom stereocenters. The number of ether oxygens (including phenoxy) is 1. The van der Waals surface area contributed by atoms with E-state index >= 15 is 0 Å². The molecule has 0 radical (unpaired) electrons. The van der Waals surface area contributed by atoms with E-state index in [9.17, 15) is 9.59 Å². The van der Waals surface area contributed by atoms with E-state index in [1.807, 2.05) is 55.6 Å². The van der Waals surface area contributed by atoms with Gasteiger partial charge in [-0.2, -0.15) is 0 Å². The predicted octanol–water partition coefficient (Wildman–Crippen LogP) is 2.84. The van der Waals surface area contributed by atoms with Crippen LogP contribution in [0, 0.1) is 0 Å². The van der Waals surface area contributed by atoms with Crippen molar-refractivity contribution in [3.8, 4) is 0 Å². The van der Waals surface area contributed by atoms with Crippen molar-refractivity contribution in [2.24, 2.45) is 0 Å². The van der Waals surface area contributed by atoms with Crippen LogP contribution in [0.1, 0.15) is 18.9 Å². The second kappa shape index (κ2) is 9.46. The van der Waals surface area contributed by atoms with Crippen LogP contribution in [0.25, 0.3) is 0 Å². The number of anilines is 3. The average molecular weight is 355 g/mol. The lowest BCUT2D eigenvalue weighted by molar-refractivity contribution is -0.147. The summed E-state index contributed by atoms with van der Waals surface area (Å²) < 4.78 is 4.96. The highest BCUT2D eigenvalue weighted by atomic mass is 16.5. The first-order chi connectivity index (χ1) is 12.5. The fourth-order valence-corrected chi connectivity index (χ4v) is 2.54. The van der Waals surface area contributed by atoms with Gasteiger partial charge in [-0.25, -0.2) is 0 Å². The number of ketones is 1. The van der Waals surface area contributed by atoms with Gasteiger partial charge in [0.1, 0.15) is 6.61 Å².